The van der Waals surface area contributed by atoms with Crippen molar-refractivity contribution in [3.8, 4) is 5.75 Å². The molecule has 0 spiro atoms. The topological polar surface area (TPSA) is 58.4 Å². The summed E-state index contributed by atoms with van der Waals surface area (Å²) in [5.41, 5.74) is 1.66. The number of phenols is 1. The molecule has 5 nitrogen and oxygen atoms in total. The van der Waals surface area contributed by atoms with Crippen LogP contribution >= 0.6 is 0 Å². The summed E-state index contributed by atoms with van der Waals surface area (Å²) in [6, 6.07) is 6.49. The Kier molecular flexibility index (Phi) is 1.95. The third kappa shape index (κ3) is 1.39. The van der Waals surface area contributed by atoms with Crippen LogP contribution in [0.25, 0.3) is 0 Å². The molecule has 0 radical (unpaired) electrons. The van der Waals surface area contributed by atoms with E-state index in [1.807, 2.05) is 6.92 Å². The van der Waals surface area contributed by atoms with Crippen LogP contribution in [0.1, 0.15) is 11.5 Å². The largest absolute Gasteiger partial charge is 0.508 e. The number of aromatic hydroxyl groups is 1. The maximum Gasteiger partial charge on any atom is 0.334 e. The van der Waals surface area contributed by atoms with Gasteiger partial charge >= 0.3 is 6.03 Å². The number of aromatic nitrogens is 2. The molecule has 0 saturated heterocycles. The molecule has 1 aromatic carbocycles. The number of anilines is 1. The van der Waals surface area contributed by atoms with Gasteiger partial charge in [0.05, 0.1) is 18.4 Å². The predicted molar refractivity (Wildman–Crippen MR) is 62.0 cm³/mol. The predicted octanol–water partition coefficient (Wildman–Crippen LogP) is 1.89. The molecular formula is C12H11N3O2. The Morgan fingerprint density at radius 3 is 2.65 bits per heavy atom. The Hall–Kier alpha value is -2.30. The zero-order chi connectivity index (χ0) is 12.0. The van der Waals surface area contributed by atoms with Crippen LogP contribution in [0, 0.1) is 6.92 Å². The Morgan fingerprint density at radius 1 is 1.29 bits per heavy atom. The first kappa shape index (κ1) is 9.89. The van der Waals surface area contributed by atoms with Gasteiger partial charge in [0.15, 0.2) is 0 Å². The normalized spacial score (nSPS) is 14.2. The van der Waals surface area contributed by atoms with E-state index in [0.717, 1.165) is 11.4 Å². The van der Waals surface area contributed by atoms with E-state index in [4.69, 9.17) is 0 Å². The van der Waals surface area contributed by atoms with Crippen LogP contribution in [-0.2, 0) is 6.54 Å². The number of benzene rings is 1. The molecule has 0 unspecified atom stereocenters. The van der Waals surface area contributed by atoms with E-state index in [1.165, 1.54) is 0 Å². The first-order chi connectivity index (χ1) is 8.16. The number of hydrogen-bond donors (Lipinski definition) is 1. The summed E-state index contributed by atoms with van der Waals surface area (Å²) in [7, 11) is 0. The van der Waals surface area contributed by atoms with E-state index in [1.54, 1.807) is 39.9 Å². The molecule has 0 saturated carbocycles. The van der Waals surface area contributed by atoms with Crippen molar-refractivity contribution in [1.82, 2.24) is 9.55 Å². The minimum absolute atomic E-state index is 0.0966. The molecule has 86 valence electrons. The van der Waals surface area contributed by atoms with E-state index in [2.05, 4.69) is 4.98 Å². The number of carbonyl (C=O) groups is 1. The quantitative estimate of drug-likeness (QED) is 0.812. The SMILES string of the molecule is Cc1ncc2n1C(=O)N(c1ccc(O)cc1)C2. The van der Waals surface area contributed by atoms with Gasteiger partial charge in [-0.25, -0.2) is 9.78 Å². The van der Waals surface area contributed by atoms with Gasteiger partial charge in [0.1, 0.15) is 11.6 Å². The van der Waals surface area contributed by atoms with Gasteiger partial charge in [0.25, 0.3) is 0 Å². The van der Waals surface area contributed by atoms with Crippen molar-refractivity contribution >= 4 is 11.7 Å². The molecule has 1 amide bonds. The highest BCUT2D eigenvalue weighted by molar-refractivity contribution is 5.96. The zero-order valence-electron chi connectivity index (χ0n) is 9.29. The average Bonchev–Trinajstić information content (AvgIpc) is 2.83. The Bertz CT molecular complexity index is 586. The highest BCUT2D eigenvalue weighted by Crippen LogP contribution is 2.26. The molecule has 2 heterocycles. The number of nitrogens with zero attached hydrogens (tertiary/aromatic N) is 3. The first-order valence-electron chi connectivity index (χ1n) is 5.31. The number of aryl methyl sites for hydroxylation is 1. The maximum atomic E-state index is 12.2. The van der Waals surface area contributed by atoms with E-state index in [9.17, 15) is 9.90 Å². The summed E-state index contributed by atoms with van der Waals surface area (Å²) in [5.74, 6) is 0.893. The minimum atomic E-state index is -0.0966. The standard InChI is InChI=1S/C12H11N3O2/c1-8-13-6-10-7-14(12(17)15(8)10)9-2-4-11(16)5-3-9/h2-6,16H,7H2,1H3. The van der Waals surface area contributed by atoms with Crippen molar-refractivity contribution in [2.24, 2.45) is 0 Å². The van der Waals surface area contributed by atoms with Crippen molar-refractivity contribution in [3.05, 3.63) is 42.0 Å². The second-order valence-electron chi connectivity index (χ2n) is 4.02. The third-order valence-electron chi connectivity index (χ3n) is 2.91. The lowest BCUT2D eigenvalue weighted by atomic mass is 10.3. The smallest absolute Gasteiger partial charge is 0.334 e. The molecule has 3 rings (SSSR count). The van der Waals surface area contributed by atoms with Gasteiger partial charge in [-0.3, -0.25) is 9.47 Å². The molecule has 1 aliphatic heterocycles. The third-order valence-corrected chi connectivity index (χ3v) is 2.91. The number of rotatable bonds is 1. The molecule has 0 atom stereocenters. The molecule has 1 aliphatic rings. The van der Waals surface area contributed by atoms with Crippen LogP contribution in [0.15, 0.2) is 30.5 Å². The number of imidazole rings is 1. The lowest BCUT2D eigenvalue weighted by Crippen LogP contribution is -2.26. The number of fused-ring (bicyclic) bond motifs is 1. The summed E-state index contributed by atoms with van der Waals surface area (Å²) in [6.07, 6.45) is 1.72. The maximum absolute atomic E-state index is 12.2. The fourth-order valence-electron chi connectivity index (χ4n) is 2.05. The van der Waals surface area contributed by atoms with E-state index < -0.39 is 0 Å². The van der Waals surface area contributed by atoms with Crippen LogP contribution in [0.2, 0.25) is 0 Å². The van der Waals surface area contributed by atoms with Crippen LogP contribution in [0.3, 0.4) is 0 Å². The van der Waals surface area contributed by atoms with Gasteiger partial charge in [-0.1, -0.05) is 0 Å². The summed E-state index contributed by atoms with van der Waals surface area (Å²) in [6.45, 7) is 2.33. The molecular weight excluding hydrogens is 218 g/mol. The molecule has 1 N–H and O–H groups in total. The Labute approximate surface area is 97.9 Å². The van der Waals surface area contributed by atoms with Gasteiger partial charge in [0.2, 0.25) is 0 Å². The molecule has 1 aromatic heterocycles. The van der Waals surface area contributed by atoms with Crippen molar-refractivity contribution < 1.29 is 9.90 Å². The number of phenolic OH excluding ortho intramolecular Hbond substituents is 1. The molecule has 2 aromatic rings. The zero-order valence-corrected chi connectivity index (χ0v) is 9.29. The van der Waals surface area contributed by atoms with Gasteiger partial charge in [0, 0.05) is 5.69 Å². The second-order valence-corrected chi connectivity index (χ2v) is 4.02. The van der Waals surface area contributed by atoms with E-state index in [-0.39, 0.29) is 11.8 Å². The number of hydrogen-bond acceptors (Lipinski definition) is 3. The monoisotopic (exact) mass is 229 g/mol. The second kappa shape index (κ2) is 3.35. The van der Waals surface area contributed by atoms with Gasteiger partial charge in [-0.05, 0) is 31.2 Å². The first-order valence-corrected chi connectivity index (χ1v) is 5.31. The van der Waals surface area contributed by atoms with Gasteiger partial charge in [-0.15, -0.1) is 0 Å². The van der Waals surface area contributed by atoms with Crippen LogP contribution in [-0.4, -0.2) is 20.7 Å². The van der Waals surface area contributed by atoms with Crippen molar-refractivity contribution in [2.75, 3.05) is 4.90 Å². The highest BCUT2D eigenvalue weighted by atomic mass is 16.3. The van der Waals surface area contributed by atoms with Gasteiger partial charge < -0.3 is 5.11 Å². The van der Waals surface area contributed by atoms with Gasteiger partial charge in [-0.2, -0.15) is 0 Å². The minimum Gasteiger partial charge on any atom is -0.508 e. The number of carbonyl (C=O) groups excluding carboxylic acids is 1. The Morgan fingerprint density at radius 2 is 2.00 bits per heavy atom. The summed E-state index contributed by atoms with van der Waals surface area (Å²) < 4.78 is 1.60. The van der Waals surface area contributed by atoms with E-state index >= 15 is 0 Å². The number of amides is 1. The Balaban J connectivity index is 1.99. The fourth-order valence-corrected chi connectivity index (χ4v) is 2.05. The molecule has 17 heavy (non-hydrogen) atoms. The average molecular weight is 229 g/mol. The summed E-state index contributed by atoms with van der Waals surface area (Å²) in [5, 5.41) is 9.22. The fraction of sp³-hybridized carbons (Fsp3) is 0.167. The van der Waals surface area contributed by atoms with E-state index in [0.29, 0.717) is 12.4 Å². The molecule has 0 aliphatic carbocycles. The molecule has 0 bridgehead atoms. The summed E-state index contributed by atoms with van der Waals surface area (Å²) in [4.78, 5) is 17.9. The van der Waals surface area contributed by atoms with Crippen molar-refractivity contribution in [2.45, 2.75) is 13.5 Å². The van der Waals surface area contributed by atoms with Crippen LogP contribution in [0.5, 0.6) is 5.75 Å². The van der Waals surface area contributed by atoms with Crippen molar-refractivity contribution in [1.29, 1.82) is 0 Å². The van der Waals surface area contributed by atoms with Crippen LogP contribution < -0.4 is 4.90 Å². The molecule has 0 fully saturated rings. The van der Waals surface area contributed by atoms with Crippen molar-refractivity contribution in [3.63, 3.8) is 0 Å². The summed E-state index contributed by atoms with van der Waals surface area (Å²) >= 11 is 0. The molecule has 5 heteroatoms. The van der Waals surface area contributed by atoms with Crippen LogP contribution in [0.4, 0.5) is 10.5 Å². The highest BCUT2D eigenvalue weighted by Gasteiger charge is 2.29. The lowest BCUT2D eigenvalue weighted by Gasteiger charge is -2.15. The lowest BCUT2D eigenvalue weighted by molar-refractivity contribution is 0.250.